The Bertz CT molecular complexity index is 1340. The maximum atomic E-state index is 12.9. The molecule has 5 atom stereocenters. The summed E-state index contributed by atoms with van der Waals surface area (Å²) < 4.78 is 12.2. The number of hydrogen-bond acceptors (Lipinski definition) is 5. The largest absolute Gasteiger partial charge is 0.489 e. The van der Waals surface area contributed by atoms with Crippen molar-refractivity contribution in [1.29, 1.82) is 0 Å². The first kappa shape index (κ1) is 24.7. The normalized spacial score (nSPS) is 27.5. The van der Waals surface area contributed by atoms with E-state index >= 15 is 0 Å². The molecule has 196 valence electrons. The van der Waals surface area contributed by atoms with Crippen LogP contribution in [0, 0.1) is 27.4 Å². The maximum Gasteiger partial charge on any atom is 0.338 e. The molecule has 3 aliphatic carbocycles. The summed E-state index contributed by atoms with van der Waals surface area (Å²) in [6.07, 6.45) is 6.17. The van der Waals surface area contributed by atoms with Gasteiger partial charge in [0, 0.05) is 17.5 Å². The van der Waals surface area contributed by atoms with Crippen LogP contribution in [0.15, 0.2) is 72.8 Å². The lowest BCUT2D eigenvalue weighted by Crippen LogP contribution is -2.45. The highest BCUT2D eigenvalue weighted by molar-refractivity contribution is 5.89. The number of non-ortho nitro benzene ring substituents is 1. The van der Waals surface area contributed by atoms with Crippen molar-refractivity contribution < 1.29 is 19.2 Å². The fourth-order valence-corrected chi connectivity index (χ4v) is 7.45. The first-order valence-electron chi connectivity index (χ1n) is 13.7. The van der Waals surface area contributed by atoms with Gasteiger partial charge in [-0.2, -0.15) is 0 Å². The predicted octanol–water partition coefficient (Wildman–Crippen LogP) is 7.26. The van der Waals surface area contributed by atoms with Crippen LogP contribution < -0.4 is 4.74 Å². The van der Waals surface area contributed by atoms with E-state index in [9.17, 15) is 14.9 Å². The van der Waals surface area contributed by atoms with Crippen LogP contribution in [0.25, 0.3) is 0 Å². The quantitative estimate of drug-likeness (QED) is 0.198. The molecule has 3 aromatic rings. The summed E-state index contributed by atoms with van der Waals surface area (Å²) in [5, 5.41) is 10.9. The van der Waals surface area contributed by atoms with E-state index in [1.165, 1.54) is 41.0 Å². The Hall–Kier alpha value is -3.67. The molecule has 0 saturated heterocycles. The first-order chi connectivity index (χ1) is 18.4. The van der Waals surface area contributed by atoms with Crippen molar-refractivity contribution >= 4 is 11.7 Å². The van der Waals surface area contributed by atoms with Crippen molar-refractivity contribution in [2.45, 2.75) is 64.1 Å². The van der Waals surface area contributed by atoms with E-state index in [-0.39, 0.29) is 23.2 Å². The van der Waals surface area contributed by atoms with Crippen LogP contribution in [0.4, 0.5) is 5.69 Å². The summed E-state index contributed by atoms with van der Waals surface area (Å²) in [5.74, 6) is 2.22. The average molecular weight is 512 g/mol. The highest BCUT2D eigenvalue weighted by atomic mass is 16.6. The molecule has 0 radical (unpaired) electrons. The van der Waals surface area contributed by atoms with Crippen molar-refractivity contribution in [2.75, 3.05) is 0 Å². The molecule has 0 heterocycles. The first-order valence-corrected chi connectivity index (χ1v) is 13.7. The van der Waals surface area contributed by atoms with Gasteiger partial charge in [-0.3, -0.25) is 10.1 Å². The second-order valence-electron chi connectivity index (χ2n) is 11.4. The number of fused-ring (bicyclic) bond motifs is 5. The van der Waals surface area contributed by atoms with Gasteiger partial charge in [0.15, 0.2) is 0 Å². The fourth-order valence-electron chi connectivity index (χ4n) is 7.45. The number of nitrogens with zero attached hydrogens (tertiary/aromatic N) is 1. The zero-order chi connectivity index (χ0) is 26.3. The van der Waals surface area contributed by atoms with Gasteiger partial charge in [-0.05, 0) is 97.2 Å². The van der Waals surface area contributed by atoms with E-state index in [1.807, 2.05) is 18.2 Å². The third-order valence-corrected chi connectivity index (χ3v) is 9.42. The molecule has 2 saturated carbocycles. The number of esters is 1. The monoisotopic (exact) mass is 511 g/mol. The van der Waals surface area contributed by atoms with Gasteiger partial charge in [-0.1, -0.05) is 43.3 Å². The van der Waals surface area contributed by atoms with Crippen LogP contribution in [0.5, 0.6) is 5.75 Å². The number of benzene rings is 3. The lowest BCUT2D eigenvalue weighted by atomic mass is 9.55. The molecule has 38 heavy (non-hydrogen) atoms. The topological polar surface area (TPSA) is 78.7 Å². The number of carbonyl (C=O) groups excluding carboxylic acids is 1. The molecule has 6 rings (SSSR count). The number of nitro groups is 1. The Kier molecular flexibility index (Phi) is 6.42. The number of rotatable bonds is 6. The Labute approximate surface area is 223 Å². The molecule has 5 unspecified atom stereocenters. The van der Waals surface area contributed by atoms with E-state index in [1.54, 1.807) is 0 Å². The molecule has 0 aliphatic heterocycles. The van der Waals surface area contributed by atoms with E-state index in [0.29, 0.717) is 29.9 Å². The molecular weight excluding hydrogens is 478 g/mol. The summed E-state index contributed by atoms with van der Waals surface area (Å²) in [4.78, 5) is 23.4. The third-order valence-electron chi connectivity index (χ3n) is 9.42. The van der Waals surface area contributed by atoms with Gasteiger partial charge in [-0.25, -0.2) is 4.79 Å². The van der Waals surface area contributed by atoms with Crippen LogP contribution in [0.1, 0.15) is 72.0 Å². The zero-order valence-electron chi connectivity index (χ0n) is 21.7. The number of nitro benzene ring substituents is 1. The van der Waals surface area contributed by atoms with Crippen LogP contribution in [-0.2, 0) is 17.8 Å². The van der Waals surface area contributed by atoms with E-state index in [0.717, 1.165) is 44.3 Å². The minimum Gasteiger partial charge on any atom is -0.489 e. The lowest BCUT2D eigenvalue weighted by molar-refractivity contribution is -0.384. The average Bonchev–Trinajstić information content (AvgIpc) is 3.28. The van der Waals surface area contributed by atoms with Crippen LogP contribution in [0.3, 0.4) is 0 Å². The van der Waals surface area contributed by atoms with Crippen LogP contribution >= 0.6 is 0 Å². The van der Waals surface area contributed by atoms with Gasteiger partial charge in [0.1, 0.15) is 18.5 Å². The second kappa shape index (κ2) is 9.90. The molecule has 3 aromatic carbocycles. The molecule has 3 aliphatic rings. The van der Waals surface area contributed by atoms with Crippen molar-refractivity contribution in [1.82, 2.24) is 0 Å². The third kappa shape index (κ3) is 4.46. The molecule has 6 heteroatoms. The lowest BCUT2D eigenvalue weighted by Gasteiger charge is -2.50. The number of aryl methyl sites for hydroxylation is 1. The summed E-state index contributed by atoms with van der Waals surface area (Å²) in [6.45, 7) is 2.89. The molecule has 0 spiro atoms. The zero-order valence-corrected chi connectivity index (χ0v) is 21.7. The molecular formula is C32H33NO5. The van der Waals surface area contributed by atoms with Gasteiger partial charge in [-0.15, -0.1) is 0 Å². The van der Waals surface area contributed by atoms with Gasteiger partial charge >= 0.3 is 5.97 Å². The fraction of sp³-hybridized carbons (Fsp3) is 0.406. The van der Waals surface area contributed by atoms with Gasteiger partial charge in [0.25, 0.3) is 5.69 Å². The number of ether oxygens (including phenoxy) is 2. The van der Waals surface area contributed by atoms with Crippen molar-refractivity contribution in [2.24, 2.45) is 17.3 Å². The Morgan fingerprint density at radius 3 is 2.55 bits per heavy atom. The van der Waals surface area contributed by atoms with Gasteiger partial charge < -0.3 is 9.47 Å². The summed E-state index contributed by atoms with van der Waals surface area (Å²) in [6, 6.07) is 22.6. The summed E-state index contributed by atoms with van der Waals surface area (Å²) in [5.41, 5.74) is 4.37. The van der Waals surface area contributed by atoms with Crippen LogP contribution in [0.2, 0.25) is 0 Å². The highest BCUT2D eigenvalue weighted by Gasteiger charge is 2.56. The number of hydrogen-bond donors (Lipinski definition) is 0. The summed E-state index contributed by atoms with van der Waals surface area (Å²) >= 11 is 0. The van der Waals surface area contributed by atoms with Gasteiger partial charge in [0.05, 0.1) is 10.5 Å². The minimum absolute atomic E-state index is 0.0276. The molecule has 0 aromatic heterocycles. The minimum atomic E-state index is -0.461. The molecule has 0 amide bonds. The molecule has 0 N–H and O–H groups in total. The van der Waals surface area contributed by atoms with Gasteiger partial charge in [0.2, 0.25) is 0 Å². The maximum absolute atomic E-state index is 12.9. The van der Waals surface area contributed by atoms with Crippen molar-refractivity contribution in [3.8, 4) is 5.75 Å². The van der Waals surface area contributed by atoms with E-state index < -0.39 is 4.92 Å². The van der Waals surface area contributed by atoms with Crippen LogP contribution in [-0.4, -0.2) is 17.0 Å². The Morgan fingerprint density at radius 2 is 1.79 bits per heavy atom. The van der Waals surface area contributed by atoms with E-state index in [4.69, 9.17) is 9.47 Å². The molecule has 2 fully saturated rings. The van der Waals surface area contributed by atoms with Crippen molar-refractivity contribution in [3.63, 3.8) is 0 Å². The van der Waals surface area contributed by atoms with Crippen molar-refractivity contribution in [3.05, 3.63) is 105 Å². The predicted molar refractivity (Wildman–Crippen MR) is 144 cm³/mol. The standard InChI is InChI=1S/C32H33NO5/c1-32-18-17-27-26-14-12-25(37-20-21-5-3-2-4-6-21)19-23(26)9-13-28(27)29(32)15-16-30(32)38-31(34)22-7-10-24(11-8-22)33(35)36/h2-8,10-12,14,19,27-30H,9,13,15-18,20H2,1H3. The molecule has 6 nitrogen and oxygen atoms in total. The second-order valence-corrected chi connectivity index (χ2v) is 11.4. The Morgan fingerprint density at radius 1 is 1.00 bits per heavy atom. The molecule has 0 bridgehead atoms. The number of carbonyl (C=O) groups is 1. The van der Waals surface area contributed by atoms with E-state index in [2.05, 4.69) is 37.3 Å². The summed E-state index contributed by atoms with van der Waals surface area (Å²) in [7, 11) is 0. The highest BCUT2D eigenvalue weighted by Crippen LogP contribution is 2.61. The Balaban J connectivity index is 1.13. The smallest absolute Gasteiger partial charge is 0.338 e. The SMILES string of the molecule is CC12CCC3c4ccc(OCc5ccccc5)cc4CCC3C1CCC2OC(=O)c1ccc([N+](=O)[O-])cc1.